The van der Waals surface area contributed by atoms with Crippen LogP contribution in [0.1, 0.15) is 20.8 Å². The van der Waals surface area contributed by atoms with Gasteiger partial charge in [-0.15, -0.1) is 0 Å². The number of nitrogens with one attached hydrogen (secondary N) is 8. The molecule has 0 aromatic rings. The van der Waals surface area contributed by atoms with Crippen LogP contribution >= 0.6 is 12.6 Å². The average molecular weight is 914 g/mol. The van der Waals surface area contributed by atoms with E-state index in [1.165, 1.54) is 0 Å². The lowest BCUT2D eigenvalue weighted by atomic mass is 9.97. The lowest BCUT2D eigenvalue weighted by Gasteiger charge is -2.42. The summed E-state index contributed by atoms with van der Waals surface area (Å²) in [5, 5.41) is 79.2. The van der Waals surface area contributed by atoms with Crippen LogP contribution in [0.4, 0.5) is 0 Å². The Bertz CT molecular complexity index is 1600. The van der Waals surface area contributed by atoms with Crippen LogP contribution < -0.4 is 48.3 Å². The molecule has 62 heavy (non-hydrogen) atoms. The molecular weight excluding hydrogens is 858 g/mol. The van der Waals surface area contributed by atoms with E-state index in [2.05, 4.69) is 55.2 Å². The maximum atomic E-state index is 13.7. The molecule has 0 saturated carbocycles. The van der Waals surface area contributed by atoms with E-state index in [0.29, 0.717) is 0 Å². The molecular formula is C33H55N9O19S. The third-order valence-electron chi connectivity index (χ3n) is 8.86. The summed E-state index contributed by atoms with van der Waals surface area (Å²) in [6.45, 7) is -2.29. The highest BCUT2D eigenvalue weighted by Gasteiger charge is 2.47. The first-order chi connectivity index (χ1) is 29.1. The first-order valence-electron chi connectivity index (χ1n) is 18.7. The molecule has 2 aliphatic rings. The van der Waals surface area contributed by atoms with Crippen molar-refractivity contribution in [1.29, 1.82) is 0 Å². The Hall–Kier alpha value is -4.82. The van der Waals surface area contributed by atoms with E-state index in [4.69, 9.17) is 24.7 Å². The smallest absolute Gasteiger partial charge is 0.245 e. The number of rotatable bonds is 23. The van der Waals surface area contributed by atoms with E-state index >= 15 is 0 Å². The van der Waals surface area contributed by atoms with Gasteiger partial charge in [0.1, 0.15) is 66.8 Å². The van der Waals surface area contributed by atoms with Crippen LogP contribution in [0.5, 0.6) is 0 Å². The zero-order valence-electron chi connectivity index (χ0n) is 33.7. The molecule has 2 heterocycles. The van der Waals surface area contributed by atoms with Crippen LogP contribution in [0.15, 0.2) is 0 Å². The number of ether oxygens (including phenoxy) is 4. The lowest BCUT2D eigenvalue weighted by Crippen LogP contribution is -2.65. The van der Waals surface area contributed by atoms with E-state index in [1.54, 1.807) is 0 Å². The molecule has 352 valence electrons. The summed E-state index contributed by atoms with van der Waals surface area (Å²) in [5.74, 6) is -8.11. The Morgan fingerprint density at radius 3 is 1.39 bits per heavy atom. The summed E-state index contributed by atoms with van der Waals surface area (Å²) in [5.41, 5.74) is 5.12. The molecule has 0 unspecified atom stereocenters. The molecule has 0 radical (unpaired) electrons. The first kappa shape index (κ1) is 53.3. The second-order valence-electron chi connectivity index (χ2n) is 13.8. The van der Waals surface area contributed by atoms with Gasteiger partial charge in [0.05, 0.1) is 46.1 Å². The Kier molecular flexibility index (Phi) is 22.3. The number of aliphatic hydroxyl groups is 6. The molecule has 0 aromatic heterocycles. The summed E-state index contributed by atoms with van der Waals surface area (Å²) in [7, 11) is 0. The summed E-state index contributed by atoms with van der Waals surface area (Å²) >= 11 is 3.88. The Labute approximate surface area is 358 Å². The highest BCUT2D eigenvalue weighted by Crippen LogP contribution is 2.24. The van der Waals surface area contributed by atoms with Gasteiger partial charge in [0.15, 0.2) is 12.6 Å². The second-order valence-corrected chi connectivity index (χ2v) is 14.2. The topological polar surface area (TPSA) is 434 Å². The molecule has 0 bridgehead atoms. The maximum Gasteiger partial charge on any atom is 0.245 e. The molecule has 2 aliphatic heterocycles. The first-order valence-corrected chi connectivity index (χ1v) is 19.4. The number of aliphatic hydroxyl groups excluding tert-OH is 6. The summed E-state index contributed by atoms with van der Waals surface area (Å²) in [6, 6.07) is -7.57. The molecule has 2 fully saturated rings. The number of thiol groups is 1. The SMILES string of the molecule is CC(=O)N[C@H]1[C@@H](OC[C@H](NC(C)=O)C(=O)N[C@@H](CO[C@H]2O[C@H](CO)[C@H](O)[C@H](O)[C@H]2NC(C)=O)C(=O)NCC(=O)NCC(=O)NCC(=O)N[C@@H](CS)C(N)=O)O[C@H](CO)[C@H](O)[C@@H]1O. The average Bonchev–Trinajstić information content (AvgIpc) is 3.21. The number of primary amides is 1. The van der Waals surface area contributed by atoms with Crippen molar-refractivity contribution < 1.29 is 92.7 Å². The molecule has 0 aliphatic carbocycles. The monoisotopic (exact) mass is 913 g/mol. The molecule has 9 amide bonds. The van der Waals surface area contributed by atoms with Crippen molar-refractivity contribution >= 4 is 65.8 Å². The molecule has 2 rings (SSSR count). The van der Waals surface area contributed by atoms with Gasteiger partial charge in [-0.25, -0.2) is 0 Å². The highest BCUT2D eigenvalue weighted by molar-refractivity contribution is 7.80. The van der Waals surface area contributed by atoms with Gasteiger partial charge in [-0.2, -0.15) is 12.6 Å². The van der Waals surface area contributed by atoms with Crippen molar-refractivity contribution in [2.45, 2.75) is 100 Å². The molecule has 0 aromatic carbocycles. The van der Waals surface area contributed by atoms with Gasteiger partial charge in [-0.3, -0.25) is 43.2 Å². The summed E-state index contributed by atoms with van der Waals surface area (Å²) < 4.78 is 22.3. The van der Waals surface area contributed by atoms with E-state index in [-0.39, 0.29) is 5.75 Å². The molecule has 16 N–H and O–H groups in total. The zero-order valence-corrected chi connectivity index (χ0v) is 34.6. The third kappa shape index (κ3) is 16.8. The zero-order chi connectivity index (χ0) is 46.8. The maximum absolute atomic E-state index is 13.7. The van der Waals surface area contributed by atoms with Crippen LogP contribution in [-0.2, 0) is 62.1 Å². The molecule has 0 spiro atoms. The Morgan fingerprint density at radius 2 is 1.00 bits per heavy atom. The minimum Gasteiger partial charge on any atom is -0.394 e. The normalized spacial score (nSPS) is 27.2. The number of nitrogens with two attached hydrogens (primary N) is 1. The van der Waals surface area contributed by atoms with E-state index in [1.807, 2.05) is 0 Å². The quantitative estimate of drug-likeness (QED) is 0.0423. The van der Waals surface area contributed by atoms with Gasteiger partial charge in [0.2, 0.25) is 53.2 Å². The van der Waals surface area contributed by atoms with Crippen molar-refractivity contribution in [3.63, 3.8) is 0 Å². The predicted molar refractivity (Wildman–Crippen MR) is 206 cm³/mol. The largest absolute Gasteiger partial charge is 0.394 e. The second kappa shape index (κ2) is 26.0. The number of carbonyl (C=O) groups is 9. The fourth-order valence-electron chi connectivity index (χ4n) is 5.72. The fourth-order valence-corrected chi connectivity index (χ4v) is 5.99. The number of hydrogen-bond acceptors (Lipinski definition) is 20. The lowest BCUT2D eigenvalue weighted by molar-refractivity contribution is -0.271. The van der Waals surface area contributed by atoms with Crippen molar-refractivity contribution in [2.75, 3.05) is 51.8 Å². The van der Waals surface area contributed by atoms with Gasteiger partial charge in [0.25, 0.3) is 0 Å². The standard InChI is InChI=1S/C33H55N9O19S/c1-12(45)38-16(10-59-33-24(40-14(3)47)28(54)26(52)19(8-44)61-33)31(57)42-15(9-58-32-23(39-13(2)46)27(53)25(51)18(7-43)60-32)30(56)37-5-21(49)35-4-20(48)36-6-22(50)41-17(11-62)29(34)55/h15-19,23-28,32-33,43-44,51-54,62H,4-11H2,1-3H3,(H2,34,55)(H,35,49)(H,36,48)(H,37,56)(H,38,45)(H,39,46)(H,40,47)(H,41,50)(H,42,57)/t15-,16-,17-,18+,19+,23+,24+,25-,26-,27+,28+,32-,33-/m0/s1. The van der Waals surface area contributed by atoms with Crippen molar-refractivity contribution in [2.24, 2.45) is 5.73 Å². The van der Waals surface area contributed by atoms with Gasteiger partial charge in [-0.1, -0.05) is 0 Å². The molecule has 29 heteroatoms. The summed E-state index contributed by atoms with van der Waals surface area (Å²) in [6.07, 6.45) is -13.1. The van der Waals surface area contributed by atoms with Crippen LogP contribution in [0, 0.1) is 0 Å². The summed E-state index contributed by atoms with van der Waals surface area (Å²) in [4.78, 5) is 111. The predicted octanol–water partition coefficient (Wildman–Crippen LogP) is -10.9. The van der Waals surface area contributed by atoms with Gasteiger partial charge < -0.3 is 97.9 Å². The third-order valence-corrected chi connectivity index (χ3v) is 9.22. The van der Waals surface area contributed by atoms with Crippen LogP contribution in [0.2, 0.25) is 0 Å². The fraction of sp³-hybridized carbons (Fsp3) is 0.727. The number of carbonyl (C=O) groups excluding carboxylic acids is 9. The van der Waals surface area contributed by atoms with Gasteiger partial charge in [0, 0.05) is 26.5 Å². The molecule has 28 nitrogen and oxygen atoms in total. The van der Waals surface area contributed by atoms with Crippen LogP contribution in [0.3, 0.4) is 0 Å². The Morgan fingerprint density at radius 1 is 0.581 bits per heavy atom. The van der Waals surface area contributed by atoms with E-state index < -0.39 is 179 Å². The van der Waals surface area contributed by atoms with E-state index in [9.17, 15) is 73.8 Å². The molecule has 13 atom stereocenters. The Balaban J connectivity index is 2.25. The van der Waals surface area contributed by atoms with Crippen LogP contribution in [0.25, 0.3) is 0 Å². The van der Waals surface area contributed by atoms with Gasteiger partial charge in [-0.05, 0) is 0 Å². The molecule has 2 saturated heterocycles. The highest BCUT2D eigenvalue weighted by atomic mass is 32.1. The van der Waals surface area contributed by atoms with Gasteiger partial charge >= 0.3 is 0 Å². The van der Waals surface area contributed by atoms with Crippen LogP contribution in [-0.4, -0.2) is 215 Å². The van der Waals surface area contributed by atoms with Crippen molar-refractivity contribution in [1.82, 2.24) is 42.5 Å². The van der Waals surface area contributed by atoms with E-state index in [0.717, 1.165) is 20.8 Å². The minimum atomic E-state index is -1.83. The van der Waals surface area contributed by atoms with Crippen molar-refractivity contribution in [3.8, 4) is 0 Å². The number of hydrogen-bond donors (Lipinski definition) is 16. The van der Waals surface area contributed by atoms with Crippen molar-refractivity contribution in [3.05, 3.63) is 0 Å². The number of amides is 9. The minimum absolute atomic E-state index is 0.108.